The zero-order chi connectivity index (χ0) is 24.3. The van der Waals surface area contributed by atoms with E-state index >= 15 is 0 Å². The molecule has 3 aromatic carbocycles. The van der Waals surface area contributed by atoms with Crippen molar-refractivity contribution in [1.82, 2.24) is 14.9 Å². The van der Waals surface area contributed by atoms with E-state index in [1.165, 1.54) is 18.2 Å². The van der Waals surface area contributed by atoms with Crippen LogP contribution in [-0.2, 0) is 16.6 Å². The minimum absolute atomic E-state index is 0.0276. The molecule has 7 nitrogen and oxygen atoms in total. The van der Waals surface area contributed by atoms with Crippen molar-refractivity contribution in [3.63, 3.8) is 0 Å². The van der Waals surface area contributed by atoms with Crippen LogP contribution in [0.1, 0.15) is 27.0 Å². The van der Waals surface area contributed by atoms with Crippen LogP contribution in [-0.4, -0.2) is 23.9 Å². The molecule has 9 heteroatoms. The maximum atomic E-state index is 13.1. The smallest absolute Gasteiger partial charge is 0.263 e. The van der Waals surface area contributed by atoms with Crippen LogP contribution in [0.3, 0.4) is 0 Å². The number of amides is 1. The molecular formula is C25H23ClN4O3S. The maximum Gasteiger partial charge on any atom is 0.263 e. The number of sulfonamides is 1. The second-order valence-corrected chi connectivity index (χ2v) is 9.91. The van der Waals surface area contributed by atoms with Crippen molar-refractivity contribution in [3.8, 4) is 5.69 Å². The Balaban J connectivity index is 1.55. The lowest BCUT2D eigenvalue weighted by atomic mass is 10.1. The van der Waals surface area contributed by atoms with Crippen molar-refractivity contribution in [2.24, 2.45) is 0 Å². The number of hydrogen-bond acceptors (Lipinski definition) is 4. The Morgan fingerprint density at radius 1 is 1.06 bits per heavy atom. The highest BCUT2D eigenvalue weighted by Gasteiger charge is 2.21. The summed E-state index contributed by atoms with van der Waals surface area (Å²) < 4.78 is 30.6. The molecule has 0 radical (unpaired) electrons. The monoisotopic (exact) mass is 494 g/mol. The van der Waals surface area contributed by atoms with E-state index in [0.717, 1.165) is 22.4 Å². The maximum absolute atomic E-state index is 13.1. The van der Waals surface area contributed by atoms with Crippen molar-refractivity contribution < 1.29 is 13.2 Å². The van der Waals surface area contributed by atoms with Crippen molar-refractivity contribution in [2.45, 2.75) is 25.3 Å². The fourth-order valence-electron chi connectivity index (χ4n) is 3.49. The molecule has 0 saturated heterocycles. The summed E-state index contributed by atoms with van der Waals surface area (Å²) in [4.78, 5) is 16.8. The number of rotatable bonds is 7. The number of hydrogen-bond donors (Lipinski definition) is 2. The van der Waals surface area contributed by atoms with E-state index in [9.17, 15) is 13.2 Å². The third-order valence-corrected chi connectivity index (χ3v) is 7.18. The highest BCUT2D eigenvalue weighted by atomic mass is 35.5. The van der Waals surface area contributed by atoms with Crippen LogP contribution in [0.15, 0.2) is 84.3 Å². The molecule has 0 saturated carbocycles. The van der Waals surface area contributed by atoms with E-state index in [2.05, 4.69) is 15.0 Å². The number of nitrogens with zero attached hydrogens (tertiary/aromatic N) is 2. The summed E-state index contributed by atoms with van der Waals surface area (Å²) in [5, 5.41) is 2.88. The molecule has 0 atom stereocenters. The number of carbonyl (C=O) groups is 1. The van der Waals surface area contributed by atoms with Crippen LogP contribution < -0.4 is 10.0 Å². The molecule has 1 aromatic heterocycles. The second-order valence-electron chi connectivity index (χ2n) is 7.85. The first-order valence-corrected chi connectivity index (χ1v) is 12.3. The number of nitrogens with one attached hydrogen (secondary N) is 2. The van der Waals surface area contributed by atoms with E-state index in [-0.39, 0.29) is 22.0 Å². The van der Waals surface area contributed by atoms with Gasteiger partial charge in [-0.2, -0.15) is 0 Å². The fraction of sp³-hybridized carbons (Fsp3) is 0.120. The Hall–Kier alpha value is -3.62. The molecule has 174 valence electrons. The van der Waals surface area contributed by atoms with E-state index < -0.39 is 15.9 Å². The van der Waals surface area contributed by atoms with Gasteiger partial charge < -0.3 is 9.88 Å². The Kier molecular flexibility index (Phi) is 6.72. The molecule has 0 fully saturated rings. The summed E-state index contributed by atoms with van der Waals surface area (Å²) in [6.07, 6.45) is 5.18. The number of benzene rings is 3. The minimum Gasteiger partial charge on any atom is -0.348 e. The molecule has 1 heterocycles. The molecule has 1 amide bonds. The largest absolute Gasteiger partial charge is 0.348 e. The molecule has 0 aliphatic heterocycles. The number of para-hydroxylation sites is 1. The van der Waals surface area contributed by atoms with Crippen molar-refractivity contribution in [2.75, 3.05) is 4.72 Å². The van der Waals surface area contributed by atoms with Gasteiger partial charge in [0, 0.05) is 24.5 Å². The topological polar surface area (TPSA) is 93.1 Å². The van der Waals surface area contributed by atoms with Gasteiger partial charge in [-0.25, -0.2) is 13.4 Å². The Labute approximate surface area is 203 Å². The normalized spacial score (nSPS) is 11.3. The van der Waals surface area contributed by atoms with Gasteiger partial charge in [-0.15, -0.1) is 0 Å². The van der Waals surface area contributed by atoms with Crippen LogP contribution in [0.4, 0.5) is 5.69 Å². The standard InChI is InChI=1S/C25H23ClN4O3S/c1-17-7-8-18(2)22(13-17)29-34(32,33)24-14-19(9-10-21(24)26)25(31)28-15-20-5-3-4-6-23(20)30-12-11-27-16-30/h3-14,16,29H,15H2,1-2H3,(H,28,31). The van der Waals surface area contributed by atoms with Gasteiger partial charge in [-0.1, -0.05) is 41.9 Å². The lowest BCUT2D eigenvalue weighted by Crippen LogP contribution is -2.24. The molecule has 4 rings (SSSR count). The first kappa shape index (κ1) is 23.5. The van der Waals surface area contributed by atoms with Crippen LogP contribution in [0, 0.1) is 13.8 Å². The first-order valence-electron chi connectivity index (χ1n) is 10.5. The predicted octanol–water partition coefficient (Wildman–Crippen LogP) is 4.87. The van der Waals surface area contributed by atoms with E-state index in [4.69, 9.17) is 11.6 Å². The summed E-state index contributed by atoms with van der Waals surface area (Å²) in [5.41, 5.74) is 4.10. The molecule has 0 unspecified atom stereocenters. The molecule has 0 aliphatic carbocycles. The zero-order valence-corrected chi connectivity index (χ0v) is 20.2. The third-order valence-electron chi connectivity index (χ3n) is 5.33. The summed E-state index contributed by atoms with van der Waals surface area (Å²) in [5.74, 6) is -0.416. The number of carbonyl (C=O) groups excluding carboxylic acids is 1. The molecule has 4 aromatic rings. The van der Waals surface area contributed by atoms with Crippen LogP contribution in [0.25, 0.3) is 5.69 Å². The average Bonchev–Trinajstić information content (AvgIpc) is 3.35. The van der Waals surface area contributed by atoms with Crippen LogP contribution in [0.5, 0.6) is 0 Å². The van der Waals surface area contributed by atoms with Gasteiger partial charge in [0.05, 0.1) is 22.7 Å². The molecule has 0 bridgehead atoms. The lowest BCUT2D eigenvalue weighted by molar-refractivity contribution is 0.0950. The summed E-state index contributed by atoms with van der Waals surface area (Å²) in [7, 11) is -4.01. The lowest BCUT2D eigenvalue weighted by Gasteiger charge is -2.14. The predicted molar refractivity (Wildman–Crippen MR) is 133 cm³/mol. The second kappa shape index (κ2) is 9.70. The van der Waals surface area contributed by atoms with E-state index in [1.54, 1.807) is 18.6 Å². The Morgan fingerprint density at radius 2 is 1.85 bits per heavy atom. The Morgan fingerprint density at radius 3 is 2.62 bits per heavy atom. The van der Waals surface area contributed by atoms with Gasteiger partial charge in [-0.05, 0) is 60.9 Å². The zero-order valence-electron chi connectivity index (χ0n) is 18.6. The molecule has 0 aliphatic rings. The minimum atomic E-state index is -4.01. The molecular weight excluding hydrogens is 472 g/mol. The van der Waals surface area contributed by atoms with Gasteiger partial charge >= 0.3 is 0 Å². The summed E-state index contributed by atoms with van der Waals surface area (Å²) >= 11 is 6.21. The van der Waals surface area contributed by atoms with Crippen LogP contribution >= 0.6 is 11.6 Å². The number of aryl methyl sites for hydroxylation is 2. The highest BCUT2D eigenvalue weighted by Crippen LogP contribution is 2.27. The van der Waals surface area contributed by atoms with Gasteiger partial charge in [0.2, 0.25) is 0 Å². The quantitative estimate of drug-likeness (QED) is 0.383. The third kappa shape index (κ3) is 5.13. The molecule has 34 heavy (non-hydrogen) atoms. The number of aromatic nitrogens is 2. The van der Waals surface area contributed by atoms with E-state index in [0.29, 0.717) is 5.69 Å². The Bertz CT molecular complexity index is 1450. The first-order chi connectivity index (χ1) is 16.2. The van der Waals surface area contributed by atoms with Gasteiger partial charge in [0.1, 0.15) is 4.90 Å². The number of halogens is 1. The highest BCUT2D eigenvalue weighted by molar-refractivity contribution is 7.92. The van der Waals surface area contributed by atoms with E-state index in [1.807, 2.05) is 61.0 Å². The fourth-order valence-corrected chi connectivity index (χ4v) is 5.14. The van der Waals surface area contributed by atoms with Gasteiger partial charge in [0.25, 0.3) is 15.9 Å². The van der Waals surface area contributed by atoms with Gasteiger partial charge in [0.15, 0.2) is 0 Å². The molecule has 0 spiro atoms. The average molecular weight is 495 g/mol. The van der Waals surface area contributed by atoms with Gasteiger partial charge in [-0.3, -0.25) is 9.52 Å². The van der Waals surface area contributed by atoms with Crippen molar-refractivity contribution >= 4 is 33.2 Å². The number of imidazole rings is 1. The SMILES string of the molecule is Cc1ccc(C)c(NS(=O)(=O)c2cc(C(=O)NCc3ccccc3-n3ccnc3)ccc2Cl)c1. The number of anilines is 1. The van der Waals surface area contributed by atoms with Crippen LogP contribution in [0.2, 0.25) is 5.02 Å². The summed E-state index contributed by atoms with van der Waals surface area (Å²) in [6, 6.07) is 17.3. The summed E-state index contributed by atoms with van der Waals surface area (Å²) in [6.45, 7) is 3.93. The van der Waals surface area contributed by atoms with Crippen molar-refractivity contribution in [1.29, 1.82) is 0 Å². The van der Waals surface area contributed by atoms with Crippen molar-refractivity contribution in [3.05, 3.63) is 107 Å². The molecule has 2 N–H and O–H groups in total.